The van der Waals surface area contributed by atoms with E-state index in [4.69, 9.17) is 4.74 Å². The zero-order valence-electron chi connectivity index (χ0n) is 22.0. The number of ether oxygens (including phenoxy) is 1. The summed E-state index contributed by atoms with van der Waals surface area (Å²) >= 11 is 0. The number of nitrogens with zero attached hydrogens (tertiary/aromatic N) is 4. The predicted molar refractivity (Wildman–Crippen MR) is 141 cm³/mol. The number of nitrogens with one attached hydrogen (secondary N) is 1. The van der Waals surface area contributed by atoms with E-state index >= 15 is 0 Å². The molecule has 2 amide bonds. The predicted octanol–water partition coefficient (Wildman–Crippen LogP) is 4.69. The molecule has 1 fully saturated rings. The third-order valence-electron chi connectivity index (χ3n) is 7.52. The number of methoxy groups -OCH3 is 1. The van der Waals surface area contributed by atoms with Crippen molar-refractivity contribution in [2.45, 2.75) is 32.5 Å². The minimum Gasteiger partial charge on any atom is -0.497 e. The van der Waals surface area contributed by atoms with Crippen LogP contribution in [0, 0.1) is 12.8 Å². The van der Waals surface area contributed by atoms with Crippen LogP contribution in [-0.2, 0) is 13.6 Å². The van der Waals surface area contributed by atoms with Crippen molar-refractivity contribution in [2.24, 2.45) is 13.0 Å². The molecule has 0 saturated carbocycles. The van der Waals surface area contributed by atoms with Gasteiger partial charge in [0.25, 0.3) is 11.8 Å². The number of carbonyl (C=O) groups excluding carboxylic acids is 2. The Morgan fingerprint density at radius 1 is 1.13 bits per heavy atom. The number of alkyl halides is 3. The Hall–Kier alpha value is -4.02. The number of hydrogen-bond donors (Lipinski definition) is 1. The van der Waals surface area contributed by atoms with Gasteiger partial charge in [-0.2, -0.15) is 18.3 Å². The first-order valence-corrected chi connectivity index (χ1v) is 12.8. The van der Waals surface area contributed by atoms with Crippen molar-refractivity contribution in [2.75, 3.05) is 26.7 Å². The summed E-state index contributed by atoms with van der Waals surface area (Å²) < 4.78 is 46.5. The van der Waals surface area contributed by atoms with Crippen LogP contribution in [0.1, 0.15) is 39.3 Å². The number of halogens is 3. The highest BCUT2D eigenvalue weighted by Gasteiger charge is 2.29. The fraction of sp³-hybridized carbons (Fsp3) is 0.393. The third-order valence-corrected chi connectivity index (χ3v) is 7.52. The smallest absolute Gasteiger partial charge is 0.405 e. The molecule has 11 heteroatoms. The summed E-state index contributed by atoms with van der Waals surface area (Å²) in [4.78, 5) is 27.5. The van der Waals surface area contributed by atoms with E-state index in [0.717, 1.165) is 34.9 Å². The first kappa shape index (κ1) is 26.6. The van der Waals surface area contributed by atoms with Gasteiger partial charge in [0.1, 0.15) is 18.0 Å². The van der Waals surface area contributed by atoms with Crippen LogP contribution in [0.3, 0.4) is 0 Å². The zero-order chi connectivity index (χ0) is 27.9. The van der Waals surface area contributed by atoms with Crippen LogP contribution < -0.4 is 10.1 Å². The van der Waals surface area contributed by atoms with E-state index in [9.17, 15) is 22.8 Å². The Bertz CT molecular complexity index is 1550. The number of likely N-dealkylation sites (tertiary alicyclic amines) is 1. The van der Waals surface area contributed by atoms with E-state index in [2.05, 4.69) is 5.10 Å². The van der Waals surface area contributed by atoms with Gasteiger partial charge in [0.2, 0.25) is 0 Å². The molecule has 0 unspecified atom stereocenters. The lowest BCUT2D eigenvalue weighted by Gasteiger charge is -2.32. The standard InChI is InChI=1S/C28H30F3N5O3/c1-17-21(26(37)32-16-28(29,30)31)5-6-23-22(17)15-36(33-23)14-18-8-10-35(11-9-18)27(38)25-13-19-12-20(39-3)4-7-24(19)34(25)2/h4-7,12-13,15,18H,8-11,14,16H2,1-3H3,(H,32,37). The van der Waals surface area contributed by atoms with Gasteiger partial charge in [0.15, 0.2) is 0 Å². The number of amides is 2. The van der Waals surface area contributed by atoms with Crippen molar-refractivity contribution >= 4 is 33.6 Å². The summed E-state index contributed by atoms with van der Waals surface area (Å²) in [5, 5.41) is 8.23. The molecule has 8 nitrogen and oxygen atoms in total. The van der Waals surface area contributed by atoms with Crippen LogP contribution >= 0.6 is 0 Å². The number of carbonyl (C=O) groups is 2. The molecule has 1 saturated heterocycles. The van der Waals surface area contributed by atoms with Crippen molar-refractivity contribution in [1.82, 2.24) is 24.6 Å². The molecular formula is C28H30F3N5O3. The second-order valence-corrected chi connectivity index (χ2v) is 10.1. The van der Waals surface area contributed by atoms with Crippen LogP contribution in [0.4, 0.5) is 13.2 Å². The van der Waals surface area contributed by atoms with Crippen LogP contribution in [0.15, 0.2) is 42.6 Å². The first-order chi connectivity index (χ1) is 18.5. The second-order valence-electron chi connectivity index (χ2n) is 10.1. The molecule has 0 radical (unpaired) electrons. The quantitative estimate of drug-likeness (QED) is 0.384. The van der Waals surface area contributed by atoms with E-state index in [1.807, 2.05) is 57.0 Å². The lowest BCUT2D eigenvalue weighted by molar-refractivity contribution is -0.123. The molecule has 3 heterocycles. The van der Waals surface area contributed by atoms with E-state index in [0.29, 0.717) is 42.3 Å². The van der Waals surface area contributed by atoms with Crippen LogP contribution in [0.2, 0.25) is 0 Å². The van der Waals surface area contributed by atoms with Crippen LogP contribution in [0.25, 0.3) is 21.8 Å². The van der Waals surface area contributed by atoms with Crippen LogP contribution in [-0.4, -0.2) is 64.0 Å². The summed E-state index contributed by atoms with van der Waals surface area (Å²) in [6.07, 6.45) is -0.984. The fourth-order valence-electron chi connectivity index (χ4n) is 5.30. The van der Waals surface area contributed by atoms with E-state index in [1.54, 1.807) is 20.1 Å². The minimum atomic E-state index is -4.47. The highest BCUT2D eigenvalue weighted by molar-refractivity contribution is 6.01. The van der Waals surface area contributed by atoms with Crippen molar-refractivity contribution < 1.29 is 27.5 Å². The fourth-order valence-corrected chi connectivity index (χ4v) is 5.30. The Balaban J connectivity index is 1.23. The van der Waals surface area contributed by atoms with Crippen LogP contribution in [0.5, 0.6) is 5.75 Å². The largest absolute Gasteiger partial charge is 0.497 e. The first-order valence-electron chi connectivity index (χ1n) is 12.8. The second kappa shape index (κ2) is 10.3. The van der Waals surface area contributed by atoms with Crippen molar-refractivity contribution in [3.63, 3.8) is 0 Å². The maximum atomic E-state index is 13.3. The summed E-state index contributed by atoms with van der Waals surface area (Å²) in [5.74, 6) is 0.301. The van der Waals surface area contributed by atoms with E-state index in [1.165, 1.54) is 6.07 Å². The third kappa shape index (κ3) is 5.43. The molecular weight excluding hydrogens is 511 g/mol. The number of aryl methyl sites for hydroxylation is 2. The summed E-state index contributed by atoms with van der Waals surface area (Å²) in [5.41, 5.74) is 3.08. The minimum absolute atomic E-state index is 0.00268. The lowest BCUT2D eigenvalue weighted by Crippen LogP contribution is -2.40. The highest BCUT2D eigenvalue weighted by Crippen LogP contribution is 2.27. The molecule has 0 spiro atoms. The zero-order valence-corrected chi connectivity index (χ0v) is 22.0. The number of piperidine rings is 1. The molecule has 39 heavy (non-hydrogen) atoms. The average Bonchev–Trinajstić information content (AvgIpc) is 3.47. The average molecular weight is 542 g/mol. The Morgan fingerprint density at radius 2 is 1.87 bits per heavy atom. The van der Waals surface area contributed by atoms with Gasteiger partial charge in [-0.25, -0.2) is 0 Å². The highest BCUT2D eigenvalue weighted by atomic mass is 19.4. The summed E-state index contributed by atoms with van der Waals surface area (Å²) in [6, 6.07) is 10.8. The number of aromatic nitrogens is 3. The molecule has 1 aliphatic heterocycles. The molecule has 1 N–H and O–H groups in total. The number of rotatable bonds is 6. The lowest BCUT2D eigenvalue weighted by atomic mass is 9.96. The molecule has 0 bridgehead atoms. The Kier molecular flexibility index (Phi) is 7.00. The SMILES string of the molecule is COc1ccc2c(c1)cc(C(=O)N1CCC(Cn3cc4c(C)c(C(=O)NCC(F)(F)F)ccc4n3)CC1)n2C. The molecule has 4 aromatic rings. The normalized spacial score (nSPS) is 14.8. The van der Waals surface area contributed by atoms with Gasteiger partial charge in [-0.15, -0.1) is 0 Å². The number of fused-ring (bicyclic) bond motifs is 2. The van der Waals surface area contributed by atoms with Gasteiger partial charge < -0.3 is 19.5 Å². The number of hydrogen-bond acceptors (Lipinski definition) is 4. The molecule has 1 aliphatic rings. The van der Waals surface area contributed by atoms with Crippen molar-refractivity contribution in [3.8, 4) is 5.75 Å². The molecule has 0 aliphatic carbocycles. The summed E-state index contributed by atoms with van der Waals surface area (Å²) in [7, 11) is 3.51. The van der Waals surface area contributed by atoms with E-state index in [-0.39, 0.29) is 11.5 Å². The van der Waals surface area contributed by atoms with Gasteiger partial charge in [-0.1, -0.05) is 0 Å². The van der Waals surface area contributed by atoms with Gasteiger partial charge in [0, 0.05) is 54.7 Å². The van der Waals surface area contributed by atoms with Crippen molar-refractivity contribution in [1.29, 1.82) is 0 Å². The number of benzene rings is 2. The van der Waals surface area contributed by atoms with Crippen molar-refractivity contribution in [3.05, 3.63) is 59.4 Å². The molecule has 206 valence electrons. The van der Waals surface area contributed by atoms with Gasteiger partial charge in [0.05, 0.1) is 12.6 Å². The maximum Gasteiger partial charge on any atom is 0.405 e. The van der Waals surface area contributed by atoms with E-state index < -0.39 is 18.6 Å². The molecule has 2 aromatic carbocycles. The topological polar surface area (TPSA) is 81.4 Å². The Labute approximate surface area is 223 Å². The molecule has 5 rings (SSSR count). The van der Waals surface area contributed by atoms with Gasteiger partial charge in [-0.05, 0) is 67.6 Å². The summed E-state index contributed by atoms with van der Waals surface area (Å²) in [6.45, 7) is 2.26. The Morgan fingerprint density at radius 3 is 2.56 bits per heavy atom. The van der Waals surface area contributed by atoms with Gasteiger partial charge in [-0.3, -0.25) is 14.3 Å². The monoisotopic (exact) mass is 541 g/mol. The maximum absolute atomic E-state index is 13.3. The molecule has 2 aromatic heterocycles. The molecule has 0 atom stereocenters. The van der Waals surface area contributed by atoms with Gasteiger partial charge >= 0.3 is 6.18 Å².